The van der Waals surface area contributed by atoms with Crippen molar-refractivity contribution in [3.63, 3.8) is 0 Å². The van der Waals surface area contributed by atoms with Gasteiger partial charge >= 0.3 is 0 Å². The number of carbonyl (C=O) groups excluding carboxylic acids is 1. The summed E-state index contributed by atoms with van der Waals surface area (Å²) in [6.07, 6.45) is 5.55. The second kappa shape index (κ2) is 10.4. The Labute approximate surface area is 216 Å². The van der Waals surface area contributed by atoms with Gasteiger partial charge in [0, 0.05) is 24.2 Å². The van der Waals surface area contributed by atoms with E-state index in [4.69, 9.17) is 14.5 Å². The summed E-state index contributed by atoms with van der Waals surface area (Å²) in [6.45, 7) is 4.24. The Morgan fingerprint density at radius 3 is 2.59 bits per heavy atom. The van der Waals surface area contributed by atoms with Crippen molar-refractivity contribution in [2.45, 2.75) is 44.6 Å². The molecule has 196 valence electrons. The average Bonchev–Trinajstić information content (AvgIpc) is 3.74. The Morgan fingerprint density at radius 2 is 1.92 bits per heavy atom. The third kappa shape index (κ3) is 5.11. The van der Waals surface area contributed by atoms with E-state index in [1.165, 1.54) is 4.57 Å². The molecule has 37 heavy (non-hydrogen) atoms. The molecular formula is C27H34N6O4. The molecule has 5 rings (SSSR count). The van der Waals surface area contributed by atoms with Crippen LogP contribution in [0.5, 0.6) is 11.5 Å². The Balaban J connectivity index is 1.42. The maximum absolute atomic E-state index is 12.9. The number of anilines is 2. The first-order valence-corrected chi connectivity index (χ1v) is 12.9. The van der Waals surface area contributed by atoms with Gasteiger partial charge in [-0.25, -0.2) is 9.97 Å². The van der Waals surface area contributed by atoms with Crippen molar-refractivity contribution in [1.82, 2.24) is 24.8 Å². The van der Waals surface area contributed by atoms with Gasteiger partial charge in [-0.2, -0.15) is 0 Å². The third-order valence-corrected chi connectivity index (χ3v) is 7.17. The van der Waals surface area contributed by atoms with Crippen LogP contribution in [0, 0.1) is 0 Å². The lowest BCUT2D eigenvalue weighted by molar-refractivity contribution is 0.0916. The first kappa shape index (κ1) is 25.0. The van der Waals surface area contributed by atoms with Gasteiger partial charge in [-0.1, -0.05) is 0 Å². The number of fused-ring (bicyclic) bond motifs is 1. The molecular weight excluding hydrogens is 472 g/mol. The molecule has 2 N–H and O–H groups in total. The van der Waals surface area contributed by atoms with E-state index in [9.17, 15) is 9.59 Å². The largest absolute Gasteiger partial charge is 0.495 e. The number of methoxy groups -OCH3 is 1. The number of likely N-dealkylation sites (tertiary alicyclic amines) is 1. The molecule has 1 aliphatic carbocycles. The molecule has 3 aromatic rings. The fourth-order valence-corrected chi connectivity index (χ4v) is 4.88. The van der Waals surface area contributed by atoms with Gasteiger partial charge in [0.15, 0.2) is 5.75 Å². The number of amides is 1. The van der Waals surface area contributed by atoms with Crippen LogP contribution < -0.4 is 25.7 Å². The minimum Gasteiger partial charge on any atom is -0.495 e. The van der Waals surface area contributed by atoms with Gasteiger partial charge < -0.3 is 29.6 Å². The summed E-state index contributed by atoms with van der Waals surface area (Å²) >= 11 is 0. The fourth-order valence-electron chi connectivity index (χ4n) is 4.88. The summed E-state index contributed by atoms with van der Waals surface area (Å²) < 4.78 is 12.9. The van der Waals surface area contributed by atoms with E-state index in [0.29, 0.717) is 46.3 Å². The van der Waals surface area contributed by atoms with Gasteiger partial charge in [0.25, 0.3) is 11.5 Å². The topological polar surface area (TPSA) is 111 Å². The number of aryl methyl sites for hydroxylation is 1. The van der Waals surface area contributed by atoms with Crippen molar-refractivity contribution in [2.24, 2.45) is 7.05 Å². The molecule has 0 spiro atoms. The number of carbonyl (C=O) groups is 1. The number of pyridine rings is 1. The van der Waals surface area contributed by atoms with Crippen LogP contribution in [-0.2, 0) is 7.05 Å². The molecule has 2 aliphatic rings. The maximum atomic E-state index is 12.9. The average molecular weight is 507 g/mol. The number of piperidine rings is 1. The quantitative estimate of drug-likeness (QED) is 0.479. The minimum atomic E-state index is -0.170. The SMILES string of the molecule is CCOc1c(C2CC2)c2nc(Nc3ccc(C(=O)NC4CCN(C)CC4)cc3OC)ncc2n(C)c1=O. The van der Waals surface area contributed by atoms with Gasteiger partial charge in [0.1, 0.15) is 5.75 Å². The molecule has 2 aromatic heterocycles. The molecule has 2 fully saturated rings. The Morgan fingerprint density at radius 1 is 1.16 bits per heavy atom. The van der Waals surface area contributed by atoms with E-state index >= 15 is 0 Å². The van der Waals surface area contributed by atoms with Gasteiger partial charge in [-0.3, -0.25) is 9.59 Å². The van der Waals surface area contributed by atoms with Crippen LogP contribution in [0.15, 0.2) is 29.2 Å². The second-order valence-electron chi connectivity index (χ2n) is 9.83. The van der Waals surface area contributed by atoms with E-state index < -0.39 is 0 Å². The molecule has 1 amide bonds. The van der Waals surface area contributed by atoms with Crippen molar-refractivity contribution in [3.8, 4) is 11.5 Å². The number of benzene rings is 1. The molecule has 1 saturated carbocycles. The van der Waals surface area contributed by atoms with Crippen LogP contribution >= 0.6 is 0 Å². The lowest BCUT2D eigenvalue weighted by Crippen LogP contribution is -2.43. The molecule has 1 aliphatic heterocycles. The number of hydrogen-bond acceptors (Lipinski definition) is 8. The van der Waals surface area contributed by atoms with Crippen LogP contribution in [0.4, 0.5) is 11.6 Å². The highest BCUT2D eigenvalue weighted by atomic mass is 16.5. The van der Waals surface area contributed by atoms with Crippen molar-refractivity contribution in [3.05, 3.63) is 45.9 Å². The monoisotopic (exact) mass is 506 g/mol. The smallest absolute Gasteiger partial charge is 0.293 e. The number of rotatable bonds is 8. The summed E-state index contributed by atoms with van der Waals surface area (Å²) in [6, 6.07) is 5.46. The Kier molecular flexibility index (Phi) is 7.01. The zero-order valence-corrected chi connectivity index (χ0v) is 21.8. The maximum Gasteiger partial charge on any atom is 0.293 e. The number of aromatic nitrogens is 3. The molecule has 0 bridgehead atoms. The van der Waals surface area contributed by atoms with Crippen LogP contribution in [-0.4, -0.2) is 65.2 Å². The van der Waals surface area contributed by atoms with Gasteiger partial charge in [-0.15, -0.1) is 0 Å². The Bertz CT molecular complexity index is 1380. The third-order valence-electron chi connectivity index (χ3n) is 7.17. The summed E-state index contributed by atoms with van der Waals surface area (Å²) in [5, 5.41) is 6.37. The number of nitrogens with one attached hydrogen (secondary N) is 2. The van der Waals surface area contributed by atoms with Crippen molar-refractivity contribution in [1.29, 1.82) is 0 Å². The first-order chi connectivity index (χ1) is 17.9. The van der Waals surface area contributed by atoms with Gasteiger partial charge in [-0.05, 0) is 76.9 Å². The molecule has 1 saturated heterocycles. The van der Waals surface area contributed by atoms with E-state index in [0.717, 1.165) is 44.3 Å². The molecule has 0 unspecified atom stereocenters. The number of ether oxygens (including phenoxy) is 2. The van der Waals surface area contributed by atoms with Crippen molar-refractivity contribution < 1.29 is 14.3 Å². The lowest BCUT2D eigenvalue weighted by atomic mass is 10.0. The van der Waals surface area contributed by atoms with Crippen LogP contribution in [0.25, 0.3) is 11.0 Å². The van der Waals surface area contributed by atoms with Crippen molar-refractivity contribution in [2.75, 3.05) is 39.2 Å². The lowest BCUT2D eigenvalue weighted by Gasteiger charge is -2.29. The van der Waals surface area contributed by atoms with Gasteiger partial charge in [0.2, 0.25) is 5.95 Å². The minimum absolute atomic E-state index is 0.111. The molecule has 0 radical (unpaired) electrons. The summed E-state index contributed by atoms with van der Waals surface area (Å²) in [4.78, 5) is 37.3. The van der Waals surface area contributed by atoms with E-state index in [2.05, 4.69) is 27.6 Å². The normalized spacial score (nSPS) is 16.5. The van der Waals surface area contributed by atoms with Crippen LogP contribution in [0.2, 0.25) is 0 Å². The highest BCUT2D eigenvalue weighted by Gasteiger charge is 2.32. The number of hydrogen-bond donors (Lipinski definition) is 2. The van der Waals surface area contributed by atoms with Crippen LogP contribution in [0.1, 0.15) is 54.4 Å². The zero-order valence-electron chi connectivity index (χ0n) is 21.8. The second-order valence-corrected chi connectivity index (χ2v) is 9.83. The van der Waals surface area contributed by atoms with Gasteiger partial charge in [0.05, 0.1) is 36.6 Å². The number of nitrogens with zero attached hydrogens (tertiary/aromatic N) is 4. The molecule has 10 heteroatoms. The predicted octanol–water partition coefficient (Wildman–Crippen LogP) is 3.18. The standard InChI is InChI=1S/C27H34N6O4/c1-5-37-24-22(16-6-7-16)23-20(33(3)26(24)35)15-28-27(31-23)30-19-9-8-17(14-21(19)36-4)25(34)29-18-10-12-32(2)13-11-18/h8-9,14-16,18H,5-7,10-13H2,1-4H3,(H,29,34)(H,28,30,31). The van der Waals surface area contributed by atoms with Crippen molar-refractivity contribution >= 4 is 28.6 Å². The van der Waals surface area contributed by atoms with E-state index in [1.54, 1.807) is 38.6 Å². The summed E-state index contributed by atoms with van der Waals surface area (Å²) in [7, 11) is 5.37. The Hall–Kier alpha value is -3.66. The zero-order chi connectivity index (χ0) is 26.1. The first-order valence-electron chi connectivity index (χ1n) is 12.9. The van der Waals surface area contributed by atoms with Crippen LogP contribution in [0.3, 0.4) is 0 Å². The molecule has 3 heterocycles. The van der Waals surface area contributed by atoms with E-state index in [-0.39, 0.29) is 23.4 Å². The van der Waals surface area contributed by atoms with E-state index in [1.807, 2.05) is 6.92 Å². The molecule has 0 atom stereocenters. The summed E-state index contributed by atoms with van der Waals surface area (Å²) in [5.74, 6) is 1.41. The summed E-state index contributed by atoms with van der Waals surface area (Å²) in [5.41, 5.74) is 3.23. The molecule has 1 aromatic carbocycles. The highest BCUT2D eigenvalue weighted by molar-refractivity contribution is 5.95. The molecule has 10 nitrogen and oxygen atoms in total. The fraction of sp³-hybridized carbons (Fsp3) is 0.481. The predicted molar refractivity (Wildman–Crippen MR) is 142 cm³/mol. The highest BCUT2D eigenvalue weighted by Crippen LogP contribution is 2.46.